The van der Waals surface area contributed by atoms with Gasteiger partial charge in [0.2, 0.25) is 0 Å². The summed E-state index contributed by atoms with van der Waals surface area (Å²) >= 11 is 0. The van der Waals surface area contributed by atoms with Gasteiger partial charge in [-0.05, 0) is 39.2 Å². The Morgan fingerprint density at radius 2 is 1.80 bits per heavy atom. The lowest BCUT2D eigenvalue weighted by molar-refractivity contribution is 0.310. The predicted octanol–water partition coefficient (Wildman–Crippen LogP) is 3.35. The molecule has 25 heavy (non-hydrogen) atoms. The van der Waals surface area contributed by atoms with Crippen LogP contribution in [0.5, 0.6) is 5.75 Å². The van der Waals surface area contributed by atoms with Crippen molar-refractivity contribution in [1.82, 2.24) is 8.87 Å². The minimum absolute atomic E-state index is 0.114. The molecule has 3 rings (SSSR count). The van der Waals surface area contributed by atoms with E-state index in [4.69, 9.17) is 0 Å². The molecule has 1 aromatic heterocycles. The second-order valence-electron chi connectivity index (χ2n) is 6.12. The van der Waals surface area contributed by atoms with Crippen LogP contribution in [0, 0.1) is 5.82 Å². The average Bonchev–Trinajstić information content (AvgIpc) is 3.00. The van der Waals surface area contributed by atoms with E-state index in [1.165, 1.54) is 18.3 Å². The third-order valence-electron chi connectivity index (χ3n) is 4.42. The summed E-state index contributed by atoms with van der Waals surface area (Å²) in [5.41, 5.74) is 0.560. The molecular weight excluding hydrogens is 343 g/mol. The van der Waals surface area contributed by atoms with E-state index in [9.17, 15) is 17.9 Å². The maximum Gasteiger partial charge on any atom is 0.268 e. The summed E-state index contributed by atoms with van der Waals surface area (Å²) in [7, 11) is -0.252. The van der Waals surface area contributed by atoms with Gasteiger partial charge >= 0.3 is 0 Å². The van der Waals surface area contributed by atoms with Gasteiger partial charge in [-0.2, -0.15) is 0 Å². The first kappa shape index (κ1) is 17.4. The molecule has 1 N–H and O–H groups in total. The highest BCUT2D eigenvalue weighted by molar-refractivity contribution is 7.90. The summed E-state index contributed by atoms with van der Waals surface area (Å²) in [4.78, 5) is 1.93. The summed E-state index contributed by atoms with van der Waals surface area (Å²) in [6.07, 6.45) is 1.39. The monoisotopic (exact) mass is 362 g/mol. The SMILES string of the molecule is CC(c1c(O)c(F)cc2c1ccn2S(=O)(=O)c1ccccc1)N(C)C. The van der Waals surface area contributed by atoms with Gasteiger partial charge in [0.25, 0.3) is 10.0 Å². The summed E-state index contributed by atoms with van der Waals surface area (Å²) in [5.74, 6) is -1.30. The van der Waals surface area contributed by atoms with Gasteiger partial charge in [-0.25, -0.2) is 16.8 Å². The van der Waals surface area contributed by atoms with Crippen molar-refractivity contribution in [3.05, 3.63) is 60.0 Å². The molecule has 3 aromatic rings. The van der Waals surface area contributed by atoms with E-state index in [0.29, 0.717) is 10.9 Å². The highest BCUT2D eigenvalue weighted by atomic mass is 32.2. The Labute approximate surface area is 146 Å². The fourth-order valence-corrected chi connectivity index (χ4v) is 4.20. The minimum Gasteiger partial charge on any atom is -0.505 e. The number of benzene rings is 2. The molecule has 0 saturated heterocycles. The fraction of sp³-hybridized carbons (Fsp3) is 0.222. The number of rotatable bonds is 4. The van der Waals surface area contributed by atoms with E-state index >= 15 is 0 Å². The van der Waals surface area contributed by atoms with Crippen LogP contribution in [0.2, 0.25) is 0 Å². The topological polar surface area (TPSA) is 62.5 Å². The Balaban J connectivity index is 2.31. The number of phenols is 1. The van der Waals surface area contributed by atoms with Crippen LogP contribution in [-0.4, -0.2) is 36.5 Å². The van der Waals surface area contributed by atoms with Crippen molar-refractivity contribution in [2.45, 2.75) is 17.9 Å². The van der Waals surface area contributed by atoms with Crippen molar-refractivity contribution in [2.75, 3.05) is 14.1 Å². The van der Waals surface area contributed by atoms with Gasteiger partial charge in [-0.3, -0.25) is 0 Å². The van der Waals surface area contributed by atoms with Crippen molar-refractivity contribution in [1.29, 1.82) is 0 Å². The summed E-state index contributed by atoms with van der Waals surface area (Å²) < 4.78 is 41.1. The highest BCUT2D eigenvalue weighted by Gasteiger charge is 2.25. The number of phenolic OH excluding ortho intramolecular Hbond substituents is 1. The summed E-state index contributed by atoms with van der Waals surface area (Å²) in [5, 5.41) is 10.7. The first-order valence-corrected chi connectivity index (χ1v) is 9.18. The number of fused-ring (bicyclic) bond motifs is 1. The quantitative estimate of drug-likeness (QED) is 0.773. The van der Waals surface area contributed by atoms with Crippen LogP contribution >= 0.6 is 0 Å². The van der Waals surface area contributed by atoms with Gasteiger partial charge in [0.15, 0.2) is 11.6 Å². The number of hydrogen-bond acceptors (Lipinski definition) is 4. The Hall–Kier alpha value is -2.38. The van der Waals surface area contributed by atoms with Gasteiger partial charge in [0, 0.05) is 29.3 Å². The molecule has 1 heterocycles. The van der Waals surface area contributed by atoms with Gasteiger partial charge in [0.05, 0.1) is 10.4 Å². The molecule has 0 radical (unpaired) electrons. The average molecular weight is 362 g/mol. The van der Waals surface area contributed by atoms with Gasteiger partial charge in [-0.15, -0.1) is 0 Å². The summed E-state index contributed by atoms with van der Waals surface area (Å²) in [6, 6.07) is 10.3. The number of halogens is 1. The molecule has 5 nitrogen and oxygen atoms in total. The fourth-order valence-electron chi connectivity index (χ4n) is 2.84. The maximum absolute atomic E-state index is 14.3. The van der Waals surface area contributed by atoms with Crippen LogP contribution in [0.25, 0.3) is 10.9 Å². The standard InChI is InChI=1S/C18H19FN2O3S/c1-12(20(2)3)17-14-9-10-21(16(14)11-15(19)18(17)22)25(23,24)13-7-5-4-6-8-13/h4-12,22H,1-3H3. The van der Waals surface area contributed by atoms with Crippen molar-refractivity contribution in [3.63, 3.8) is 0 Å². The Kier molecular flexibility index (Phi) is 4.30. The number of aromatic nitrogens is 1. The predicted molar refractivity (Wildman–Crippen MR) is 94.7 cm³/mol. The van der Waals surface area contributed by atoms with Crippen molar-refractivity contribution >= 4 is 20.9 Å². The molecule has 0 aliphatic heterocycles. The zero-order valence-electron chi connectivity index (χ0n) is 14.1. The Morgan fingerprint density at radius 1 is 1.16 bits per heavy atom. The minimum atomic E-state index is -3.86. The smallest absolute Gasteiger partial charge is 0.268 e. The molecule has 0 bridgehead atoms. The van der Waals surface area contributed by atoms with Gasteiger partial charge in [-0.1, -0.05) is 18.2 Å². The van der Waals surface area contributed by atoms with Crippen molar-refractivity contribution in [3.8, 4) is 5.75 Å². The lowest BCUT2D eigenvalue weighted by atomic mass is 10.0. The molecule has 1 unspecified atom stereocenters. The first-order chi connectivity index (χ1) is 11.7. The Bertz CT molecular complexity index is 1030. The molecule has 1 atom stereocenters. The van der Waals surface area contributed by atoms with Crippen molar-refractivity contribution in [2.24, 2.45) is 0 Å². The number of nitrogens with zero attached hydrogens (tertiary/aromatic N) is 2. The second-order valence-corrected chi connectivity index (χ2v) is 7.94. The molecule has 0 saturated carbocycles. The molecule has 7 heteroatoms. The molecule has 132 valence electrons. The van der Waals surface area contributed by atoms with Crippen LogP contribution in [0.3, 0.4) is 0 Å². The second kappa shape index (κ2) is 6.16. The molecule has 0 aliphatic rings. The zero-order valence-corrected chi connectivity index (χ0v) is 15.0. The largest absolute Gasteiger partial charge is 0.505 e. The number of hydrogen-bond donors (Lipinski definition) is 1. The highest BCUT2D eigenvalue weighted by Crippen LogP contribution is 2.37. The normalized spacial score (nSPS) is 13.5. The molecule has 2 aromatic carbocycles. The van der Waals surface area contributed by atoms with Crippen LogP contribution in [0.4, 0.5) is 4.39 Å². The van der Waals surface area contributed by atoms with E-state index in [2.05, 4.69) is 0 Å². The third-order valence-corrected chi connectivity index (χ3v) is 6.12. The molecular formula is C18H19FN2O3S. The third kappa shape index (κ3) is 2.79. The maximum atomic E-state index is 14.3. The van der Waals surface area contributed by atoms with E-state index in [1.54, 1.807) is 38.4 Å². The number of aromatic hydroxyl groups is 1. The van der Waals surface area contributed by atoms with Gasteiger partial charge < -0.3 is 10.0 Å². The van der Waals surface area contributed by atoms with Crippen LogP contribution < -0.4 is 0 Å². The lowest BCUT2D eigenvalue weighted by Gasteiger charge is -2.22. The molecule has 0 spiro atoms. The van der Waals surface area contributed by atoms with E-state index in [1.807, 2.05) is 11.8 Å². The van der Waals surface area contributed by atoms with Crippen LogP contribution in [0.15, 0.2) is 53.6 Å². The van der Waals surface area contributed by atoms with Crippen LogP contribution in [0.1, 0.15) is 18.5 Å². The van der Waals surface area contributed by atoms with E-state index < -0.39 is 21.6 Å². The van der Waals surface area contributed by atoms with Crippen LogP contribution in [-0.2, 0) is 10.0 Å². The van der Waals surface area contributed by atoms with E-state index in [0.717, 1.165) is 10.0 Å². The summed E-state index contributed by atoms with van der Waals surface area (Å²) in [6.45, 7) is 1.82. The lowest BCUT2D eigenvalue weighted by Crippen LogP contribution is -2.17. The zero-order chi connectivity index (χ0) is 18.4. The van der Waals surface area contributed by atoms with Gasteiger partial charge in [0.1, 0.15) is 0 Å². The molecule has 0 amide bonds. The first-order valence-electron chi connectivity index (χ1n) is 7.74. The molecule has 0 aliphatic carbocycles. The van der Waals surface area contributed by atoms with Crippen molar-refractivity contribution < 1.29 is 17.9 Å². The molecule has 0 fully saturated rings. The van der Waals surface area contributed by atoms with E-state index in [-0.39, 0.29) is 16.5 Å². The Morgan fingerprint density at radius 3 is 2.40 bits per heavy atom.